The van der Waals surface area contributed by atoms with E-state index in [2.05, 4.69) is 71.3 Å². The van der Waals surface area contributed by atoms with Crippen LogP contribution in [0.4, 0.5) is 0 Å². The maximum Gasteiger partial charge on any atom is 0.0645 e. The van der Waals surface area contributed by atoms with Gasteiger partial charge in [-0.1, -0.05) is 139 Å². The van der Waals surface area contributed by atoms with E-state index in [4.69, 9.17) is 5.48 Å². The van der Waals surface area contributed by atoms with E-state index < -0.39 is 12.1 Å². The molecule has 0 atom stereocenters. The highest BCUT2D eigenvalue weighted by atomic mass is 15.0. The summed E-state index contributed by atoms with van der Waals surface area (Å²) < 4.78 is 68.6. The van der Waals surface area contributed by atoms with E-state index in [0.29, 0.717) is 11.3 Å². The van der Waals surface area contributed by atoms with Gasteiger partial charge in [-0.15, -0.1) is 0 Å². The Labute approximate surface area is 323 Å². The van der Waals surface area contributed by atoms with Crippen LogP contribution in [0.15, 0.2) is 206 Å². The summed E-state index contributed by atoms with van der Waals surface area (Å²) in [6, 6.07) is 53.0. The zero-order chi connectivity index (χ0) is 41.7. The topological polar surface area (TPSA) is 9.86 Å². The predicted molar refractivity (Wildman–Crippen MR) is 229 cm³/mol. The van der Waals surface area contributed by atoms with E-state index in [-0.39, 0.29) is 57.6 Å². The molecule has 2 nitrogen and oxygen atoms in total. The number of hydrogen-bond donors (Lipinski definition) is 0. The standard InChI is InChI=1S/C52H34N2/c1-3-12-35(13-4-1)39-18-11-19-43(30-39)53-51-27-23-40(36-14-5-2-6-15-36)32-47(51)48-34-42(25-29-52(48)53)41-24-28-50-46(33-41)45-20-9-10-21-49(45)54(50)44-26-22-37-16-7-8-17-38(37)31-44/h1-34H/i9D,10D,20D,21D,24D,28D,33D. The van der Waals surface area contributed by atoms with E-state index in [1.807, 2.05) is 97.1 Å². The number of para-hydroxylation sites is 1. The van der Waals surface area contributed by atoms with E-state index in [1.54, 1.807) is 4.57 Å². The lowest BCUT2D eigenvalue weighted by molar-refractivity contribution is 1.18. The van der Waals surface area contributed by atoms with E-state index in [0.717, 1.165) is 60.5 Å². The Morgan fingerprint density at radius 1 is 0.315 bits per heavy atom. The Morgan fingerprint density at radius 3 is 1.63 bits per heavy atom. The smallest absolute Gasteiger partial charge is 0.0645 e. The minimum absolute atomic E-state index is 0.0748. The molecule has 0 saturated heterocycles. The second-order valence-corrected chi connectivity index (χ2v) is 13.6. The SMILES string of the molecule is [2H]c1c([2H])c([2H])c2c(c1[2H])c1c([2H])c(-c3ccc4c(c3)c3cc(-c5ccccc5)ccc3n4-c3cccc(-c4ccccc4)c3)c([2H])c([2H])c1n2-c1ccc2ccccc2c1. The molecule has 9 aromatic carbocycles. The molecule has 0 aliphatic rings. The fourth-order valence-corrected chi connectivity index (χ4v) is 7.96. The summed E-state index contributed by atoms with van der Waals surface area (Å²) in [5, 5.41) is 4.14. The van der Waals surface area contributed by atoms with Gasteiger partial charge in [0.15, 0.2) is 0 Å². The lowest BCUT2D eigenvalue weighted by Crippen LogP contribution is -1.94. The third-order valence-electron chi connectivity index (χ3n) is 10.5. The summed E-state index contributed by atoms with van der Waals surface area (Å²) in [4.78, 5) is 0. The summed E-state index contributed by atoms with van der Waals surface area (Å²) in [5.41, 5.74) is 8.93. The van der Waals surface area contributed by atoms with Crippen LogP contribution in [0, 0.1) is 0 Å². The first-order valence-electron chi connectivity index (χ1n) is 21.5. The van der Waals surface area contributed by atoms with Gasteiger partial charge in [-0.05, 0) is 111 Å². The normalized spacial score (nSPS) is 13.5. The predicted octanol–water partition coefficient (Wildman–Crippen LogP) is 14.0. The summed E-state index contributed by atoms with van der Waals surface area (Å²) in [5.74, 6) is 0. The zero-order valence-corrected chi connectivity index (χ0v) is 29.0. The Kier molecular flexibility index (Phi) is 5.47. The molecule has 2 aromatic heterocycles. The van der Waals surface area contributed by atoms with Gasteiger partial charge < -0.3 is 9.13 Å². The molecule has 252 valence electrons. The molecular formula is C52H34N2. The molecule has 0 saturated carbocycles. The Hall–Kier alpha value is -7.16. The third-order valence-corrected chi connectivity index (χ3v) is 10.5. The molecule has 2 heterocycles. The van der Waals surface area contributed by atoms with Crippen LogP contribution in [-0.4, -0.2) is 9.13 Å². The second-order valence-electron chi connectivity index (χ2n) is 13.6. The molecule has 0 amide bonds. The molecule has 0 bridgehead atoms. The van der Waals surface area contributed by atoms with Crippen molar-refractivity contribution >= 4 is 54.4 Å². The quantitative estimate of drug-likeness (QED) is 0.170. The Morgan fingerprint density at radius 2 is 0.889 bits per heavy atom. The summed E-state index contributed by atoms with van der Waals surface area (Å²) in [6.45, 7) is 0. The summed E-state index contributed by atoms with van der Waals surface area (Å²) >= 11 is 0. The van der Waals surface area contributed by atoms with E-state index in [1.165, 1.54) is 0 Å². The molecule has 0 spiro atoms. The lowest BCUT2D eigenvalue weighted by Gasteiger charge is -2.11. The van der Waals surface area contributed by atoms with Crippen molar-refractivity contribution in [3.05, 3.63) is 206 Å². The van der Waals surface area contributed by atoms with Crippen LogP contribution < -0.4 is 0 Å². The summed E-state index contributed by atoms with van der Waals surface area (Å²) in [6.07, 6.45) is 0. The van der Waals surface area contributed by atoms with Crippen LogP contribution in [0.3, 0.4) is 0 Å². The van der Waals surface area contributed by atoms with Gasteiger partial charge >= 0.3 is 0 Å². The highest BCUT2D eigenvalue weighted by Crippen LogP contribution is 2.40. The monoisotopic (exact) mass is 693 g/mol. The molecular weight excluding hydrogens is 653 g/mol. The fraction of sp³-hybridized carbons (Fsp3) is 0. The van der Waals surface area contributed by atoms with Gasteiger partial charge in [-0.3, -0.25) is 0 Å². The average molecular weight is 694 g/mol. The largest absolute Gasteiger partial charge is 0.309 e. The van der Waals surface area contributed by atoms with Crippen LogP contribution >= 0.6 is 0 Å². The molecule has 0 fully saturated rings. The Balaban J connectivity index is 1.20. The van der Waals surface area contributed by atoms with Crippen molar-refractivity contribution in [1.29, 1.82) is 0 Å². The van der Waals surface area contributed by atoms with Crippen molar-refractivity contribution in [3.63, 3.8) is 0 Å². The number of nitrogens with zero attached hydrogens (tertiary/aromatic N) is 2. The van der Waals surface area contributed by atoms with Gasteiger partial charge in [0, 0.05) is 32.9 Å². The minimum Gasteiger partial charge on any atom is -0.309 e. The lowest BCUT2D eigenvalue weighted by atomic mass is 9.99. The molecule has 0 aliphatic carbocycles. The van der Waals surface area contributed by atoms with Crippen LogP contribution in [0.25, 0.3) is 99.1 Å². The maximum absolute atomic E-state index is 9.88. The molecule has 0 unspecified atom stereocenters. The minimum atomic E-state index is -0.419. The highest BCUT2D eigenvalue weighted by molar-refractivity contribution is 6.13. The number of benzene rings is 9. The van der Waals surface area contributed by atoms with Gasteiger partial charge in [-0.25, -0.2) is 0 Å². The number of fused-ring (bicyclic) bond motifs is 7. The number of aromatic nitrogens is 2. The molecule has 54 heavy (non-hydrogen) atoms. The van der Waals surface area contributed by atoms with Crippen LogP contribution in [-0.2, 0) is 0 Å². The van der Waals surface area contributed by atoms with E-state index in [9.17, 15) is 4.11 Å². The first kappa shape index (κ1) is 24.2. The molecule has 11 rings (SSSR count). The van der Waals surface area contributed by atoms with E-state index >= 15 is 0 Å². The average Bonchev–Trinajstić information content (AvgIpc) is 3.84. The summed E-state index contributed by atoms with van der Waals surface area (Å²) in [7, 11) is 0. The van der Waals surface area contributed by atoms with Crippen molar-refractivity contribution in [2.75, 3.05) is 0 Å². The van der Waals surface area contributed by atoms with Crippen molar-refractivity contribution in [3.8, 4) is 44.8 Å². The van der Waals surface area contributed by atoms with Crippen LogP contribution in [0.5, 0.6) is 0 Å². The maximum atomic E-state index is 9.88. The molecule has 11 aromatic rings. The van der Waals surface area contributed by atoms with Gasteiger partial charge in [0.2, 0.25) is 0 Å². The fourth-order valence-electron chi connectivity index (χ4n) is 7.96. The van der Waals surface area contributed by atoms with Gasteiger partial charge in [-0.2, -0.15) is 0 Å². The van der Waals surface area contributed by atoms with Crippen molar-refractivity contribution in [2.24, 2.45) is 0 Å². The van der Waals surface area contributed by atoms with Gasteiger partial charge in [0.25, 0.3) is 0 Å². The Bertz CT molecular complexity index is 3610. The number of rotatable bonds is 5. The number of hydrogen-bond acceptors (Lipinski definition) is 0. The zero-order valence-electron chi connectivity index (χ0n) is 36.0. The van der Waals surface area contributed by atoms with Crippen molar-refractivity contribution in [1.82, 2.24) is 9.13 Å². The second kappa shape index (κ2) is 12.2. The van der Waals surface area contributed by atoms with Crippen LogP contribution in [0.2, 0.25) is 0 Å². The van der Waals surface area contributed by atoms with Gasteiger partial charge in [0.05, 0.1) is 31.7 Å². The highest BCUT2D eigenvalue weighted by Gasteiger charge is 2.17. The van der Waals surface area contributed by atoms with Crippen LogP contribution in [0.1, 0.15) is 9.60 Å². The van der Waals surface area contributed by atoms with Crippen molar-refractivity contribution in [2.45, 2.75) is 0 Å². The van der Waals surface area contributed by atoms with Gasteiger partial charge in [0.1, 0.15) is 0 Å². The molecule has 0 radical (unpaired) electrons. The third kappa shape index (κ3) is 4.88. The molecule has 0 aliphatic heterocycles. The van der Waals surface area contributed by atoms with Crippen molar-refractivity contribution < 1.29 is 9.60 Å². The first-order valence-corrected chi connectivity index (χ1v) is 18.0. The molecule has 0 N–H and O–H groups in total. The molecule has 2 heteroatoms. The first-order chi connectivity index (χ1) is 29.7.